The lowest BCUT2D eigenvalue weighted by Crippen LogP contribution is -2.24. The van der Waals surface area contributed by atoms with Crippen molar-refractivity contribution in [3.63, 3.8) is 0 Å². The molecule has 176 valence electrons. The summed E-state index contributed by atoms with van der Waals surface area (Å²) >= 11 is 6.37. The summed E-state index contributed by atoms with van der Waals surface area (Å²) in [6.07, 6.45) is 1.27. The zero-order chi connectivity index (χ0) is 24.5. The van der Waals surface area contributed by atoms with Gasteiger partial charge in [-0.1, -0.05) is 35.4 Å². The van der Waals surface area contributed by atoms with Gasteiger partial charge in [0.25, 0.3) is 15.9 Å². The van der Waals surface area contributed by atoms with Crippen molar-refractivity contribution in [2.24, 2.45) is 0 Å². The van der Waals surface area contributed by atoms with E-state index in [0.717, 1.165) is 12.0 Å². The van der Waals surface area contributed by atoms with Crippen molar-refractivity contribution in [2.45, 2.75) is 31.6 Å². The maximum atomic E-state index is 13.0. The molecule has 0 aromatic heterocycles. The average Bonchev–Trinajstić information content (AvgIpc) is 3.21. The van der Waals surface area contributed by atoms with Gasteiger partial charge in [-0.3, -0.25) is 14.3 Å². The third-order valence-corrected chi connectivity index (χ3v) is 7.32. The molecule has 3 aromatic carbocycles. The first-order valence-electron chi connectivity index (χ1n) is 10.8. The van der Waals surface area contributed by atoms with Crippen LogP contribution in [0.4, 0.5) is 17.1 Å². The van der Waals surface area contributed by atoms with Crippen LogP contribution in [0.3, 0.4) is 0 Å². The van der Waals surface area contributed by atoms with Gasteiger partial charge in [0.1, 0.15) is 0 Å². The Hall–Kier alpha value is -3.36. The molecule has 0 aliphatic carbocycles. The minimum absolute atomic E-state index is 0.0200. The molecule has 0 atom stereocenters. The second-order valence-corrected chi connectivity index (χ2v) is 10.3. The summed E-state index contributed by atoms with van der Waals surface area (Å²) in [7, 11) is -3.89. The number of hydrogen-bond acceptors (Lipinski definition) is 4. The smallest absolute Gasteiger partial charge is 0.261 e. The lowest BCUT2D eigenvalue weighted by atomic mass is 10.1. The van der Waals surface area contributed by atoms with E-state index in [9.17, 15) is 18.0 Å². The number of rotatable bonds is 6. The number of sulfonamides is 1. The third-order valence-electron chi connectivity index (χ3n) is 5.64. The third kappa shape index (κ3) is 5.08. The predicted octanol–water partition coefficient (Wildman–Crippen LogP) is 5.14. The first-order chi connectivity index (χ1) is 16.1. The number of nitrogens with one attached hydrogen (secondary N) is 2. The second kappa shape index (κ2) is 9.48. The van der Waals surface area contributed by atoms with Gasteiger partial charge in [-0.2, -0.15) is 0 Å². The SMILES string of the molecule is Cc1ccc(NS(=O)(=O)c2ccc(C)c(C(=O)Nc3ccc(N4CCCC4=O)c(Cl)c3)c2)cc1. The molecule has 0 radical (unpaired) electrons. The van der Waals surface area contributed by atoms with Gasteiger partial charge in [0.15, 0.2) is 0 Å². The monoisotopic (exact) mass is 497 g/mol. The molecule has 2 amide bonds. The Balaban J connectivity index is 1.54. The van der Waals surface area contributed by atoms with Crippen LogP contribution in [-0.4, -0.2) is 26.8 Å². The van der Waals surface area contributed by atoms with E-state index in [1.54, 1.807) is 48.2 Å². The maximum Gasteiger partial charge on any atom is 0.261 e. The molecule has 3 aromatic rings. The van der Waals surface area contributed by atoms with Crippen molar-refractivity contribution >= 4 is 50.5 Å². The molecule has 0 spiro atoms. The summed E-state index contributed by atoms with van der Waals surface area (Å²) in [5, 5.41) is 3.11. The number of carbonyl (C=O) groups excluding carboxylic acids is 2. The van der Waals surface area contributed by atoms with Gasteiger partial charge in [0.2, 0.25) is 5.91 Å². The second-order valence-electron chi connectivity index (χ2n) is 8.22. The summed E-state index contributed by atoms with van der Waals surface area (Å²) in [6.45, 7) is 4.25. The van der Waals surface area contributed by atoms with E-state index in [4.69, 9.17) is 11.6 Å². The molecule has 34 heavy (non-hydrogen) atoms. The zero-order valence-corrected chi connectivity index (χ0v) is 20.3. The molecule has 2 N–H and O–H groups in total. The van der Waals surface area contributed by atoms with Crippen LogP contribution in [0.1, 0.15) is 34.3 Å². The van der Waals surface area contributed by atoms with Crippen LogP contribution in [0.15, 0.2) is 65.6 Å². The van der Waals surface area contributed by atoms with Gasteiger partial charge in [0, 0.05) is 29.9 Å². The summed E-state index contributed by atoms with van der Waals surface area (Å²) in [5.41, 5.74) is 3.34. The topological polar surface area (TPSA) is 95.6 Å². The van der Waals surface area contributed by atoms with Gasteiger partial charge in [-0.25, -0.2) is 8.42 Å². The Bertz CT molecular complexity index is 1370. The Morgan fingerprint density at radius 3 is 2.32 bits per heavy atom. The zero-order valence-electron chi connectivity index (χ0n) is 18.8. The number of hydrogen-bond donors (Lipinski definition) is 2. The normalized spacial score (nSPS) is 13.7. The number of anilines is 3. The van der Waals surface area contributed by atoms with Crippen LogP contribution < -0.4 is 14.9 Å². The van der Waals surface area contributed by atoms with Gasteiger partial charge < -0.3 is 10.2 Å². The van der Waals surface area contributed by atoms with Crippen LogP contribution >= 0.6 is 11.6 Å². The molecule has 1 heterocycles. The maximum absolute atomic E-state index is 13.0. The van der Waals surface area contributed by atoms with Crippen molar-refractivity contribution in [2.75, 3.05) is 21.5 Å². The van der Waals surface area contributed by atoms with E-state index >= 15 is 0 Å². The molecule has 1 fully saturated rings. The highest BCUT2D eigenvalue weighted by Crippen LogP contribution is 2.32. The van der Waals surface area contributed by atoms with E-state index < -0.39 is 15.9 Å². The van der Waals surface area contributed by atoms with Crippen molar-refractivity contribution in [1.82, 2.24) is 0 Å². The van der Waals surface area contributed by atoms with Crippen molar-refractivity contribution < 1.29 is 18.0 Å². The fourth-order valence-corrected chi connectivity index (χ4v) is 5.12. The van der Waals surface area contributed by atoms with Crippen LogP contribution in [0.2, 0.25) is 5.02 Å². The molecule has 7 nitrogen and oxygen atoms in total. The average molecular weight is 498 g/mol. The summed E-state index contributed by atoms with van der Waals surface area (Å²) in [4.78, 5) is 26.6. The van der Waals surface area contributed by atoms with Gasteiger partial charge in [0.05, 0.1) is 15.6 Å². The number of nitrogens with zero attached hydrogens (tertiary/aromatic N) is 1. The van der Waals surface area contributed by atoms with Crippen LogP contribution in [-0.2, 0) is 14.8 Å². The number of halogens is 1. The molecule has 9 heteroatoms. The van der Waals surface area contributed by atoms with E-state index in [1.807, 2.05) is 19.1 Å². The fraction of sp³-hybridized carbons (Fsp3) is 0.200. The lowest BCUT2D eigenvalue weighted by Gasteiger charge is -2.18. The molecular weight excluding hydrogens is 474 g/mol. The number of carbonyl (C=O) groups is 2. The minimum atomic E-state index is -3.89. The Morgan fingerprint density at radius 2 is 1.68 bits per heavy atom. The fourth-order valence-electron chi connectivity index (χ4n) is 3.75. The van der Waals surface area contributed by atoms with Crippen molar-refractivity contribution in [3.8, 4) is 0 Å². The first kappa shape index (κ1) is 23.8. The molecule has 4 rings (SSSR count). The molecule has 0 saturated carbocycles. The van der Waals surface area contributed by atoms with Gasteiger partial charge >= 0.3 is 0 Å². The molecule has 0 bridgehead atoms. The lowest BCUT2D eigenvalue weighted by molar-refractivity contribution is -0.117. The summed E-state index contributed by atoms with van der Waals surface area (Å²) in [6, 6.07) is 16.3. The van der Waals surface area contributed by atoms with Crippen LogP contribution in [0, 0.1) is 13.8 Å². The van der Waals surface area contributed by atoms with E-state index in [-0.39, 0.29) is 16.4 Å². The number of benzene rings is 3. The van der Waals surface area contributed by atoms with Gasteiger partial charge in [-0.15, -0.1) is 0 Å². The Morgan fingerprint density at radius 1 is 0.971 bits per heavy atom. The largest absolute Gasteiger partial charge is 0.322 e. The standard InChI is InChI=1S/C25H24ClN3O4S/c1-16-5-8-18(9-6-16)28-34(32,33)20-11-7-17(2)21(15-20)25(31)27-19-10-12-23(22(26)14-19)29-13-3-4-24(29)30/h5-12,14-15,28H,3-4,13H2,1-2H3,(H,27,31). The quantitative estimate of drug-likeness (QED) is 0.493. The van der Waals surface area contributed by atoms with E-state index in [2.05, 4.69) is 10.0 Å². The van der Waals surface area contributed by atoms with E-state index in [0.29, 0.717) is 40.6 Å². The molecule has 1 saturated heterocycles. The first-order valence-corrected chi connectivity index (χ1v) is 12.6. The molecular formula is C25H24ClN3O4S. The highest BCUT2D eigenvalue weighted by molar-refractivity contribution is 7.92. The highest BCUT2D eigenvalue weighted by atomic mass is 35.5. The number of aryl methyl sites for hydroxylation is 2. The molecule has 1 aliphatic rings. The Kier molecular flexibility index (Phi) is 6.63. The minimum Gasteiger partial charge on any atom is -0.322 e. The Labute approximate surface area is 203 Å². The molecule has 0 unspecified atom stereocenters. The van der Waals surface area contributed by atoms with Crippen molar-refractivity contribution in [3.05, 3.63) is 82.4 Å². The molecule has 1 aliphatic heterocycles. The summed E-state index contributed by atoms with van der Waals surface area (Å²) in [5.74, 6) is -0.447. The number of amides is 2. The van der Waals surface area contributed by atoms with Gasteiger partial charge in [-0.05, 0) is 68.3 Å². The predicted molar refractivity (Wildman–Crippen MR) is 134 cm³/mol. The highest BCUT2D eigenvalue weighted by Gasteiger charge is 2.24. The van der Waals surface area contributed by atoms with Crippen molar-refractivity contribution in [1.29, 1.82) is 0 Å². The summed E-state index contributed by atoms with van der Waals surface area (Å²) < 4.78 is 28.3. The van der Waals surface area contributed by atoms with Crippen LogP contribution in [0.5, 0.6) is 0 Å². The van der Waals surface area contributed by atoms with Crippen LogP contribution in [0.25, 0.3) is 0 Å². The van der Waals surface area contributed by atoms with E-state index in [1.165, 1.54) is 12.1 Å².